The molecule has 35 heavy (non-hydrogen) atoms. The molecule has 0 atom stereocenters. The van der Waals surface area contributed by atoms with E-state index in [2.05, 4.69) is 121 Å². The normalized spacial score (nSPS) is 10.4. The summed E-state index contributed by atoms with van der Waals surface area (Å²) in [6, 6.07) is 48.9. The molecule has 5 rings (SSSR count). The predicted octanol–water partition coefficient (Wildman–Crippen LogP) is 2.97. The fourth-order valence-electron chi connectivity index (χ4n) is 4.73. The van der Waals surface area contributed by atoms with E-state index in [-0.39, 0.29) is 0 Å². The van der Waals surface area contributed by atoms with E-state index in [9.17, 15) is 0 Å². The average molecular weight is 454 g/mol. The molecular formula is C31H27BN2O. The Hall–Kier alpha value is -4.62. The third kappa shape index (κ3) is 5.15. The Balaban J connectivity index is 0.000000243. The number of pyridine rings is 1. The van der Waals surface area contributed by atoms with Crippen molar-refractivity contribution in [1.82, 2.24) is 0 Å². The van der Waals surface area contributed by atoms with Crippen molar-refractivity contribution in [2.75, 3.05) is 7.11 Å². The van der Waals surface area contributed by atoms with Gasteiger partial charge in [-0.25, -0.2) is 0 Å². The minimum Gasteiger partial charge on any atom is -0.275 e. The topological polar surface area (TPSA) is 36.9 Å². The van der Waals surface area contributed by atoms with Crippen LogP contribution in [0.1, 0.15) is 5.56 Å². The highest BCUT2D eigenvalue weighted by Gasteiger charge is 2.30. The van der Waals surface area contributed by atoms with Crippen LogP contribution in [0.25, 0.3) is 0 Å². The summed E-state index contributed by atoms with van der Waals surface area (Å²) in [7, 11) is 1.56. The lowest BCUT2D eigenvalue weighted by atomic mass is 9.13. The Morgan fingerprint density at radius 2 is 0.857 bits per heavy atom. The summed E-state index contributed by atoms with van der Waals surface area (Å²) < 4.78 is 1.51. The summed E-state index contributed by atoms with van der Waals surface area (Å²) in [6.07, 6.45) is 2.14. The summed E-state index contributed by atoms with van der Waals surface area (Å²) in [4.78, 5) is 4.82. The van der Waals surface area contributed by atoms with Crippen LogP contribution in [0.15, 0.2) is 146 Å². The molecule has 4 heteroatoms. The quantitative estimate of drug-likeness (QED) is 0.303. The molecule has 170 valence electrons. The van der Waals surface area contributed by atoms with E-state index < -0.39 is 6.15 Å². The van der Waals surface area contributed by atoms with Gasteiger partial charge in [0.1, 0.15) is 13.3 Å². The zero-order valence-electron chi connectivity index (χ0n) is 19.7. The Bertz CT molecular complexity index is 1190. The molecule has 0 aliphatic rings. The zero-order valence-corrected chi connectivity index (χ0v) is 19.7. The van der Waals surface area contributed by atoms with Crippen molar-refractivity contribution < 1.29 is 9.57 Å². The van der Waals surface area contributed by atoms with E-state index in [0.717, 1.165) is 0 Å². The first-order valence-corrected chi connectivity index (χ1v) is 11.6. The second-order valence-electron chi connectivity index (χ2n) is 8.25. The maximum atomic E-state index is 8.40. The molecule has 0 bridgehead atoms. The first-order valence-electron chi connectivity index (χ1n) is 11.6. The summed E-state index contributed by atoms with van der Waals surface area (Å²) in [6.45, 7) is 0. The lowest BCUT2D eigenvalue weighted by molar-refractivity contribution is -0.885. The molecule has 0 fully saturated rings. The molecule has 0 aliphatic heterocycles. The van der Waals surface area contributed by atoms with Crippen LogP contribution in [0.4, 0.5) is 0 Å². The Morgan fingerprint density at radius 1 is 0.543 bits per heavy atom. The largest absolute Gasteiger partial charge is 0.275 e. The highest BCUT2D eigenvalue weighted by atomic mass is 16.6. The first-order chi connectivity index (χ1) is 17.3. The van der Waals surface area contributed by atoms with Gasteiger partial charge in [0.2, 0.25) is 12.4 Å². The molecule has 0 N–H and O–H groups in total. The van der Waals surface area contributed by atoms with Crippen molar-refractivity contribution in [2.45, 2.75) is 0 Å². The molecule has 3 nitrogen and oxygen atoms in total. The number of hydrogen-bond donors (Lipinski definition) is 0. The number of nitrogens with zero attached hydrogens (tertiary/aromatic N) is 2. The summed E-state index contributed by atoms with van der Waals surface area (Å²) in [5.74, 6) is 0. The lowest BCUT2D eigenvalue weighted by Gasteiger charge is -2.44. The van der Waals surface area contributed by atoms with Crippen LogP contribution in [0.5, 0.6) is 0 Å². The summed E-state index contributed by atoms with van der Waals surface area (Å²) >= 11 is 0. The van der Waals surface area contributed by atoms with Crippen LogP contribution in [0.2, 0.25) is 0 Å². The second kappa shape index (κ2) is 11.5. The van der Waals surface area contributed by atoms with Gasteiger partial charge in [-0.05, 0) is 0 Å². The van der Waals surface area contributed by atoms with Crippen LogP contribution in [-0.2, 0) is 0 Å². The smallest absolute Gasteiger partial charge is 0.223 e. The maximum Gasteiger partial charge on any atom is 0.223 e. The van der Waals surface area contributed by atoms with Gasteiger partial charge in [-0.15, -0.1) is 0 Å². The van der Waals surface area contributed by atoms with E-state index in [1.54, 1.807) is 31.6 Å². The molecule has 5 aromatic rings. The van der Waals surface area contributed by atoms with Gasteiger partial charge in [0.15, 0.2) is 0 Å². The van der Waals surface area contributed by atoms with Gasteiger partial charge in [0.25, 0.3) is 0 Å². The molecule has 1 heterocycles. The number of rotatable bonds is 5. The second-order valence-corrected chi connectivity index (χ2v) is 8.25. The average Bonchev–Trinajstić information content (AvgIpc) is 2.96. The van der Waals surface area contributed by atoms with E-state index in [4.69, 9.17) is 10.1 Å². The van der Waals surface area contributed by atoms with Crippen LogP contribution in [-0.4, -0.2) is 13.3 Å². The number of hydrogen-bond acceptors (Lipinski definition) is 2. The van der Waals surface area contributed by atoms with Gasteiger partial charge in [-0.2, -0.15) is 27.1 Å². The Kier molecular flexibility index (Phi) is 7.73. The van der Waals surface area contributed by atoms with Gasteiger partial charge in [-0.1, -0.05) is 121 Å². The van der Waals surface area contributed by atoms with E-state index >= 15 is 0 Å². The molecule has 0 radical (unpaired) electrons. The summed E-state index contributed by atoms with van der Waals surface area (Å²) in [5.41, 5.74) is 5.99. The number of benzene rings is 4. The van der Waals surface area contributed by atoms with Crippen molar-refractivity contribution in [1.29, 1.82) is 5.26 Å². The third-order valence-electron chi connectivity index (χ3n) is 6.34. The lowest BCUT2D eigenvalue weighted by Crippen LogP contribution is -2.74. The van der Waals surface area contributed by atoms with Crippen LogP contribution in [0.3, 0.4) is 0 Å². The van der Waals surface area contributed by atoms with E-state index in [1.165, 1.54) is 26.6 Å². The molecule has 1 aromatic heterocycles. The van der Waals surface area contributed by atoms with Crippen LogP contribution >= 0.6 is 0 Å². The molecule has 0 saturated carbocycles. The van der Waals surface area contributed by atoms with Gasteiger partial charge >= 0.3 is 0 Å². The fourth-order valence-corrected chi connectivity index (χ4v) is 4.73. The number of aromatic nitrogens is 1. The van der Waals surface area contributed by atoms with Gasteiger partial charge < -0.3 is 0 Å². The molecule has 0 saturated heterocycles. The minimum absolute atomic E-state index is 0.633. The minimum atomic E-state index is -1.22. The number of nitriles is 1. The van der Waals surface area contributed by atoms with Gasteiger partial charge in [-0.3, -0.25) is 4.84 Å². The van der Waals surface area contributed by atoms with Crippen LogP contribution in [0, 0.1) is 11.3 Å². The van der Waals surface area contributed by atoms with Crippen molar-refractivity contribution in [3.63, 3.8) is 0 Å². The van der Waals surface area contributed by atoms with Crippen molar-refractivity contribution in [2.24, 2.45) is 0 Å². The van der Waals surface area contributed by atoms with Crippen molar-refractivity contribution in [3.05, 3.63) is 151 Å². The molecular weight excluding hydrogens is 427 g/mol. The van der Waals surface area contributed by atoms with Gasteiger partial charge in [0, 0.05) is 16.9 Å². The van der Waals surface area contributed by atoms with Gasteiger partial charge in [0.05, 0.1) is 11.6 Å². The highest BCUT2D eigenvalue weighted by molar-refractivity contribution is 7.19. The van der Waals surface area contributed by atoms with E-state index in [1.807, 2.05) is 6.07 Å². The zero-order chi connectivity index (χ0) is 24.3. The molecule has 0 unspecified atom stereocenters. The first kappa shape index (κ1) is 23.5. The Labute approximate surface area is 207 Å². The van der Waals surface area contributed by atoms with Crippen molar-refractivity contribution in [3.8, 4) is 6.07 Å². The van der Waals surface area contributed by atoms with E-state index in [0.29, 0.717) is 5.56 Å². The monoisotopic (exact) mass is 454 g/mol. The molecule has 0 spiro atoms. The molecule has 0 aliphatic carbocycles. The fraction of sp³-hybridized carbons (Fsp3) is 0.0323. The third-order valence-corrected chi connectivity index (χ3v) is 6.34. The standard InChI is InChI=1S/C24H20B.C7H7N2O/c1-5-13-21(14-6-1)25(22-15-7-2-8-16-22,23-17-9-3-10-18-23)24-19-11-4-12-20-24;1-10-9-4-2-7(6-8)3-5-9/h1-20H;2-5H,1H3/q-1;+1. The summed E-state index contributed by atoms with van der Waals surface area (Å²) in [5, 5.41) is 8.40. The highest BCUT2D eigenvalue weighted by Crippen LogP contribution is 2.09. The maximum absolute atomic E-state index is 8.40. The Morgan fingerprint density at radius 3 is 1.11 bits per heavy atom. The SMILES string of the molecule is CO[n+]1ccc(C#N)cc1.c1ccc([B-](c2ccccc2)(c2ccccc2)c2ccccc2)cc1. The predicted molar refractivity (Wildman–Crippen MR) is 144 cm³/mol. The van der Waals surface area contributed by atoms with Crippen LogP contribution < -0.4 is 31.4 Å². The molecule has 0 amide bonds. The van der Waals surface area contributed by atoms with Crippen molar-refractivity contribution >= 4 is 28.0 Å². The molecule has 4 aromatic carbocycles.